The van der Waals surface area contributed by atoms with Crippen LogP contribution in [0.4, 0.5) is 19.0 Å². The van der Waals surface area contributed by atoms with Crippen LogP contribution in [0.25, 0.3) is 22.3 Å². The predicted octanol–water partition coefficient (Wildman–Crippen LogP) is 7.70. The molecule has 3 aromatic rings. The lowest BCUT2D eigenvalue weighted by Crippen LogP contribution is -2.31. The third-order valence-electron chi connectivity index (χ3n) is 5.80. The van der Waals surface area contributed by atoms with E-state index in [4.69, 9.17) is 0 Å². The number of anilines is 1. The van der Waals surface area contributed by atoms with Gasteiger partial charge in [-0.3, -0.25) is 0 Å². The number of nitrogens with one attached hydrogen (secondary N) is 1. The van der Waals surface area contributed by atoms with Gasteiger partial charge in [-0.05, 0) is 75.6 Å². The lowest BCUT2D eigenvalue weighted by Gasteiger charge is -2.26. The summed E-state index contributed by atoms with van der Waals surface area (Å²) in [6.45, 7) is 10.0. The molecule has 0 saturated carbocycles. The van der Waals surface area contributed by atoms with Gasteiger partial charge in [0, 0.05) is 22.0 Å². The van der Waals surface area contributed by atoms with Crippen molar-refractivity contribution < 1.29 is 13.2 Å². The second kappa shape index (κ2) is 12.0. The molecule has 1 saturated heterocycles. The van der Waals surface area contributed by atoms with Crippen molar-refractivity contribution in [1.29, 1.82) is 0 Å². The Hall–Kier alpha value is -2.19. The number of para-hydroxylation sites is 1. The van der Waals surface area contributed by atoms with Crippen LogP contribution >= 0.6 is 15.9 Å². The Morgan fingerprint density at radius 2 is 1.76 bits per heavy atom. The maximum Gasteiger partial charge on any atom is 0.416 e. The molecule has 0 amide bonds. The van der Waals surface area contributed by atoms with Crippen molar-refractivity contribution >= 4 is 32.7 Å². The predicted molar refractivity (Wildman–Crippen MR) is 137 cm³/mol. The van der Waals surface area contributed by atoms with Gasteiger partial charge >= 0.3 is 6.18 Å². The van der Waals surface area contributed by atoms with Gasteiger partial charge in [0.05, 0.1) is 11.1 Å². The molecule has 4 rings (SSSR count). The molecule has 1 N–H and O–H groups in total. The first kappa shape index (κ1) is 26.4. The Kier molecular flexibility index (Phi) is 9.31. The van der Waals surface area contributed by atoms with E-state index in [9.17, 15) is 13.2 Å². The summed E-state index contributed by atoms with van der Waals surface area (Å²) in [7, 11) is 0. The molecule has 2 aromatic carbocycles. The van der Waals surface area contributed by atoms with Gasteiger partial charge in [0.1, 0.15) is 5.82 Å². The molecule has 0 aliphatic carbocycles. The average molecular weight is 537 g/mol. The van der Waals surface area contributed by atoms with Crippen molar-refractivity contribution in [2.75, 3.05) is 31.5 Å². The molecule has 0 atom stereocenters. The molecule has 34 heavy (non-hydrogen) atoms. The van der Waals surface area contributed by atoms with E-state index in [0.717, 1.165) is 61.2 Å². The van der Waals surface area contributed by atoms with Crippen LogP contribution in [0.1, 0.15) is 50.7 Å². The molecular formula is C26H32BrF3N4. The SMILES string of the molecule is CC.Cc1cccc2c(NCCCN3CCCCC3)nc(-c3cc(Br)cc(C(F)(F)F)c3)nc12. The zero-order valence-corrected chi connectivity index (χ0v) is 21.6. The number of aromatic nitrogens is 2. The highest BCUT2D eigenvalue weighted by atomic mass is 79.9. The normalized spacial score (nSPS) is 14.6. The van der Waals surface area contributed by atoms with Crippen LogP contribution in [-0.2, 0) is 6.18 Å². The number of halogens is 4. The number of likely N-dealkylation sites (tertiary alicyclic amines) is 1. The van der Waals surface area contributed by atoms with E-state index in [1.807, 2.05) is 39.0 Å². The first-order valence-electron chi connectivity index (χ1n) is 11.9. The number of piperidine rings is 1. The Morgan fingerprint density at radius 1 is 1.03 bits per heavy atom. The monoisotopic (exact) mass is 536 g/mol. The largest absolute Gasteiger partial charge is 0.416 e. The fourth-order valence-corrected chi connectivity index (χ4v) is 4.63. The highest BCUT2D eigenvalue weighted by Gasteiger charge is 2.31. The molecule has 1 aromatic heterocycles. The van der Waals surface area contributed by atoms with Gasteiger partial charge in [-0.2, -0.15) is 13.2 Å². The first-order chi connectivity index (χ1) is 16.3. The number of aryl methyl sites for hydroxylation is 1. The van der Waals surface area contributed by atoms with E-state index in [0.29, 0.717) is 15.9 Å². The lowest BCUT2D eigenvalue weighted by molar-refractivity contribution is -0.137. The summed E-state index contributed by atoms with van der Waals surface area (Å²) >= 11 is 3.20. The Morgan fingerprint density at radius 3 is 2.47 bits per heavy atom. The summed E-state index contributed by atoms with van der Waals surface area (Å²) in [5.41, 5.74) is 1.29. The van der Waals surface area contributed by atoms with Crippen molar-refractivity contribution in [1.82, 2.24) is 14.9 Å². The van der Waals surface area contributed by atoms with Crippen molar-refractivity contribution in [2.45, 2.75) is 52.6 Å². The third-order valence-corrected chi connectivity index (χ3v) is 6.26. The van der Waals surface area contributed by atoms with Crippen molar-refractivity contribution in [3.63, 3.8) is 0 Å². The maximum atomic E-state index is 13.3. The second-order valence-corrected chi connectivity index (χ2v) is 9.19. The summed E-state index contributed by atoms with van der Waals surface area (Å²) < 4.78 is 40.4. The van der Waals surface area contributed by atoms with E-state index in [1.54, 1.807) is 6.07 Å². The van der Waals surface area contributed by atoms with Gasteiger partial charge in [0.15, 0.2) is 5.82 Å². The standard InChI is InChI=1S/C24H26BrF3N4.C2H6/c1-16-7-5-8-20-21(16)30-22(17-13-18(24(26,27)28)15-19(25)14-17)31-23(20)29-9-6-12-32-10-3-2-4-11-32;1-2/h5,7-8,13-15H,2-4,6,9-12H2,1H3,(H,29,30,31);1-2H3. The van der Waals surface area contributed by atoms with Crippen LogP contribution in [0.5, 0.6) is 0 Å². The molecule has 8 heteroatoms. The minimum absolute atomic E-state index is 0.275. The van der Waals surface area contributed by atoms with Gasteiger partial charge < -0.3 is 10.2 Å². The summed E-state index contributed by atoms with van der Waals surface area (Å²) in [6, 6.07) is 9.62. The van der Waals surface area contributed by atoms with Gasteiger partial charge in [0.2, 0.25) is 0 Å². The third kappa shape index (κ3) is 6.69. The summed E-state index contributed by atoms with van der Waals surface area (Å²) in [5.74, 6) is 0.929. The number of nitrogens with zero attached hydrogens (tertiary/aromatic N) is 3. The van der Waals surface area contributed by atoms with Crippen molar-refractivity contribution in [3.8, 4) is 11.4 Å². The minimum atomic E-state index is -4.44. The summed E-state index contributed by atoms with van der Waals surface area (Å²) in [6.07, 6.45) is 0.371. The lowest BCUT2D eigenvalue weighted by atomic mass is 10.1. The number of benzene rings is 2. The summed E-state index contributed by atoms with van der Waals surface area (Å²) in [4.78, 5) is 11.7. The highest BCUT2D eigenvalue weighted by molar-refractivity contribution is 9.10. The van der Waals surface area contributed by atoms with E-state index in [-0.39, 0.29) is 5.82 Å². The number of rotatable bonds is 6. The fourth-order valence-electron chi connectivity index (χ4n) is 4.13. The van der Waals surface area contributed by atoms with E-state index in [2.05, 4.69) is 36.1 Å². The molecule has 4 nitrogen and oxygen atoms in total. The molecule has 1 aliphatic heterocycles. The van der Waals surface area contributed by atoms with Crippen LogP contribution in [0.3, 0.4) is 0 Å². The van der Waals surface area contributed by atoms with Crippen molar-refractivity contribution in [3.05, 3.63) is 52.0 Å². The fraction of sp³-hybridized carbons (Fsp3) is 0.462. The Bertz CT molecular complexity index is 1100. The maximum absolute atomic E-state index is 13.3. The second-order valence-electron chi connectivity index (χ2n) is 8.28. The molecule has 2 heterocycles. The molecular weight excluding hydrogens is 505 g/mol. The zero-order valence-electron chi connectivity index (χ0n) is 20.0. The van der Waals surface area contributed by atoms with Crippen LogP contribution < -0.4 is 5.32 Å². The number of hydrogen-bond donors (Lipinski definition) is 1. The molecule has 1 aliphatic rings. The number of fused-ring (bicyclic) bond motifs is 1. The van der Waals surface area contributed by atoms with Crippen LogP contribution in [0.2, 0.25) is 0 Å². The van der Waals surface area contributed by atoms with Crippen LogP contribution in [0, 0.1) is 6.92 Å². The molecule has 1 fully saturated rings. The van der Waals surface area contributed by atoms with Gasteiger partial charge in [0.25, 0.3) is 0 Å². The van der Waals surface area contributed by atoms with E-state index >= 15 is 0 Å². The minimum Gasteiger partial charge on any atom is -0.369 e. The van der Waals surface area contributed by atoms with Crippen molar-refractivity contribution in [2.24, 2.45) is 0 Å². The van der Waals surface area contributed by atoms with Gasteiger partial charge in [-0.1, -0.05) is 48.3 Å². The molecule has 0 radical (unpaired) electrons. The van der Waals surface area contributed by atoms with E-state index < -0.39 is 11.7 Å². The average Bonchev–Trinajstić information content (AvgIpc) is 2.83. The smallest absolute Gasteiger partial charge is 0.369 e. The molecule has 184 valence electrons. The van der Waals surface area contributed by atoms with Gasteiger partial charge in [-0.25, -0.2) is 9.97 Å². The van der Waals surface area contributed by atoms with Crippen LogP contribution in [0.15, 0.2) is 40.9 Å². The molecule has 0 bridgehead atoms. The Balaban J connectivity index is 0.00000158. The molecule has 0 unspecified atom stereocenters. The van der Waals surface area contributed by atoms with E-state index in [1.165, 1.54) is 19.3 Å². The zero-order chi connectivity index (χ0) is 24.7. The molecule has 0 spiro atoms. The number of hydrogen-bond acceptors (Lipinski definition) is 4. The summed E-state index contributed by atoms with van der Waals surface area (Å²) in [5, 5.41) is 4.29. The van der Waals surface area contributed by atoms with Gasteiger partial charge in [-0.15, -0.1) is 0 Å². The first-order valence-corrected chi connectivity index (χ1v) is 12.7. The quantitative estimate of drug-likeness (QED) is 0.327. The number of alkyl halides is 3. The highest BCUT2D eigenvalue weighted by Crippen LogP contribution is 2.35. The van der Waals surface area contributed by atoms with Crippen LogP contribution in [-0.4, -0.2) is 41.0 Å². The topological polar surface area (TPSA) is 41.0 Å². The Labute approximate surface area is 208 Å².